The number of aryl methyl sites for hydroxylation is 3. The molecule has 0 saturated heterocycles. The minimum Gasteiger partial charge on any atom is -0.324 e. The van der Waals surface area contributed by atoms with Gasteiger partial charge in [-0.25, -0.2) is 4.98 Å². The van der Waals surface area contributed by atoms with Crippen LogP contribution >= 0.6 is 11.6 Å². The van der Waals surface area contributed by atoms with Gasteiger partial charge in [0.2, 0.25) is 5.95 Å². The lowest BCUT2D eigenvalue weighted by atomic mass is 10.2. The fourth-order valence-corrected chi connectivity index (χ4v) is 2.06. The Kier molecular flexibility index (Phi) is 3.38. The first-order chi connectivity index (χ1) is 8.11. The van der Waals surface area contributed by atoms with Crippen LogP contribution in [0, 0.1) is 13.8 Å². The van der Waals surface area contributed by atoms with Crippen molar-refractivity contribution in [2.45, 2.75) is 27.3 Å². The van der Waals surface area contributed by atoms with Gasteiger partial charge in [-0.05, 0) is 32.4 Å². The highest BCUT2D eigenvalue weighted by atomic mass is 35.5. The lowest BCUT2D eigenvalue weighted by molar-refractivity contribution is 0.771. The minimum atomic E-state index is 0.716. The number of rotatable bonds is 3. The van der Waals surface area contributed by atoms with Gasteiger partial charge in [-0.15, -0.1) is 0 Å². The lowest BCUT2D eigenvalue weighted by Crippen LogP contribution is -2.02. The summed E-state index contributed by atoms with van der Waals surface area (Å²) < 4.78 is 2.07. The summed E-state index contributed by atoms with van der Waals surface area (Å²) >= 11 is 6.18. The molecule has 0 aliphatic carbocycles. The van der Waals surface area contributed by atoms with Gasteiger partial charge in [0.05, 0.1) is 16.4 Å². The van der Waals surface area contributed by atoms with Crippen molar-refractivity contribution >= 4 is 23.2 Å². The van der Waals surface area contributed by atoms with E-state index in [9.17, 15) is 0 Å². The molecule has 2 aromatic rings. The van der Waals surface area contributed by atoms with Crippen LogP contribution in [0.2, 0.25) is 5.02 Å². The lowest BCUT2D eigenvalue weighted by Gasteiger charge is -2.11. The molecule has 1 N–H and O–H groups in total. The van der Waals surface area contributed by atoms with E-state index in [0.717, 1.165) is 29.4 Å². The number of nitrogens with zero attached hydrogens (tertiary/aromatic N) is 2. The number of nitrogens with one attached hydrogen (secondary N) is 1. The molecule has 17 heavy (non-hydrogen) atoms. The molecular formula is C13H16ClN3. The predicted molar refractivity (Wildman–Crippen MR) is 72.1 cm³/mol. The molecule has 0 fully saturated rings. The predicted octanol–water partition coefficient (Wildman–Crippen LogP) is 3.92. The summed E-state index contributed by atoms with van der Waals surface area (Å²) in [6.07, 6.45) is 2.02. The van der Waals surface area contributed by atoms with Crippen LogP contribution in [0.3, 0.4) is 0 Å². The first-order valence-corrected chi connectivity index (χ1v) is 6.05. The summed E-state index contributed by atoms with van der Waals surface area (Å²) in [6.45, 7) is 6.98. The molecule has 90 valence electrons. The van der Waals surface area contributed by atoms with Gasteiger partial charge in [0.25, 0.3) is 0 Å². The summed E-state index contributed by atoms with van der Waals surface area (Å²) in [4.78, 5) is 4.45. The third-order valence-electron chi connectivity index (χ3n) is 2.70. The Morgan fingerprint density at radius 1 is 1.35 bits per heavy atom. The van der Waals surface area contributed by atoms with E-state index in [0.29, 0.717) is 5.02 Å². The normalized spacial score (nSPS) is 10.6. The van der Waals surface area contributed by atoms with Crippen LogP contribution in [-0.2, 0) is 6.54 Å². The van der Waals surface area contributed by atoms with Crippen LogP contribution in [-0.4, -0.2) is 9.55 Å². The maximum absolute atomic E-state index is 6.18. The Morgan fingerprint density at radius 2 is 2.12 bits per heavy atom. The van der Waals surface area contributed by atoms with Gasteiger partial charge in [0.1, 0.15) is 0 Å². The van der Waals surface area contributed by atoms with Gasteiger partial charge in [-0.1, -0.05) is 23.7 Å². The van der Waals surface area contributed by atoms with Gasteiger partial charge >= 0.3 is 0 Å². The van der Waals surface area contributed by atoms with E-state index in [-0.39, 0.29) is 0 Å². The van der Waals surface area contributed by atoms with Crippen molar-refractivity contribution in [2.75, 3.05) is 5.32 Å². The van der Waals surface area contributed by atoms with Crippen molar-refractivity contribution in [3.8, 4) is 0 Å². The zero-order chi connectivity index (χ0) is 12.4. The average Bonchev–Trinajstić information content (AvgIpc) is 2.64. The topological polar surface area (TPSA) is 29.9 Å². The third kappa shape index (κ3) is 2.44. The number of benzene rings is 1. The summed E-state index contributed by atoms with van der Waals surface area (Å²) in [5, 5.41) is 4.02. The van der Waals surface area contributed by atoms with E-state index < -0.39 is 0 Å². The van der Waals surface area contributed by atoms with Crippen LogP contribution in [0.5, 0.6) is 0 Å². The van der Waals surface area contributed by atoms with Crippen LogP contribution in [0.15, 0.2) is 24.4 Å². The van der Waals surface area contributed by atoms with Gasteiger partial charge in [-0.3, -0.25) is 0 Å². The fraction of sp³-hybridized carbons (Fsp3) is 0.308. The molecule has 0 unspecified atom stereocenters. The van der Waals surface area contributed by atoms with Crippen molar-refractivity contribution in [2.24, 2.45) is 0 Å². The molecule has 4 heteroatoms. The van der Waals surface area contributed by atoms with Crippen molar-refractivity contribution in [3.63, 3.8) is 0 Å². The number of aromatic nitrogens is 2. The second kappa shape index (κ2) is 4.80. The van der Waals surface area contributed by atoms with Crippen molar-refractivity contribution in [3.05, 3.63) is 40.7 Å². The smallest absolute Gasteiger partial charge is 0.207 e. The zero-order valence-electron chi connectivity index (χ0n) is 10.3. The Bertz CT molecular complexity index is 511. The second-order valence-electron chi connectivity index (χ2n) is 4.05. The second-order valence-corrected chi connectivity index (χ2v) is 4.46. The molecule has 1 heterocycles. The number of imidazole rings is 1. The highest BCUT2D eigenvalue weighted by molar-refractivity contribution is 6.33. The van der Waals surface area contributed by atoms with E-state index in [1.54, 1.807) is 0 Å². The highest BCUT2D eigenvalue weighted by Gasteiger charge is 2.08. The molecule has 1 aromatic carbocycles. The maximum atomic E-state index is 6.18. The number of halogens is 1. The van der Waals surface area contributed by atoms with Crippen molar-refractivity contribution in [1.29, 1.82) is 0 Å². The van der Waals surface area contributed by atoms with Crippen LogP contribution in [0.1, 0.15) is 18.2 Å². The molecule has 0 bridgehead atoms. The molecule has 0 amide bonds. The van der Waals surface area contributed by atoms with E-state index in [2.05, 4.69) is 21.8 Å². The summed E-state index contributed by atoms with van der Waals surface area (Å²) in [5.74, 6) is 0.834. The van der Waals surface area contributed by atoms with Crippen molar-refractivity contribution < 1.29 is 0 Å². The Labute approximate surface area is 106 Å². The highest BCUT2D eigenvalue weighted by Crippen LogP contribution is 2.28. The molecule has 0 aliphatic heterocycles. The van der Waals surface area contributed by atoms with Gasteiger partial charge in [0, 0.05) is 12.7 Å². The molecule has 1 aromatic heterocycles. The molecule has 2 rings (SSSR count). The standard InChI is InChI=1S/C13H16ClN3/c1-4-17-8-10(3)15-13(17)16-12-9(2)6-5-7-11(12)14/h5-8H,4H2,1-3H3,(H,15,16). The number of anilines is 2. The molecule has 0 saturated carbocycles. The fourth-order valence-electron chi connectivity index (χ4n) is 1.79. The molecule has 0 aliphatic rings. The van der Waals surface area contributed by atoms with Gasteiger partial charge in [-0.2, -0.15) is 0 Å². The van der Waals surface area contributed by atoms with E-state index in [1.165, 1.54) is 0 Å². The molecule has 0 radical (unpaired) electrons. The zero-order valence-corrected chi connectivity index (χ0v) is 11.0. The van der Waals surface area contributed by atoms with E-state index in [1.807, 2.05) is 38.2 Å². The number of para-hydroxylation sites is 1. The van der Waals surface area contributed by atoms with E-state index in [4.69, 9.17) is 11.6 Å². The Morgan fingerprint density at radius 3 is 2.76 bits per heavy atom. The largest absolute Gasteiger partial charge is 0.324 e. The van der Waals surface area contributed by atoms with Gasteiger partial charge in [0.15, 0.2) is 0 Å². The number of hydrogen-bond donors (Lipinski definition) is 1. The first kappa shape index (κ1) is 12.0. The van der Waals surface area contributed by atoms with Gasteiger partial charge < -0.3 is 9.88 Å². The SMILES string of the molecule is CCn1cc(C)nc1Nc1c(C)cccc1Cl. The summed E-state index contributed by atoms with van der Waals surface area (Å²) in [7, 11) is 0. The Balaban J connectivity index is 2.37. The van der Waals surface area contributed by atoms with Crippen LogP contribution in [0.25, 0.3) is 0 Å². The molecule has 0 atom stereocenters. The summed E-state index contributed by atoms with van der Waals surface area (Å²) in [6, 6.07) is 5.85. The monoisotopic (exact) mass is 249 g/mol. The number of hydrogen-bond acceptors (Lipinski definition) is 2. The van der Waals surface area contributed by atoms with Crippen molar-refractivity contribution in [1.82, 2.24) is 9.55 Å². The Hall–Kier alpha value is -1.48. The summed E-state index contributed by atoms with van der Waals surface area (Å²) in [5.41, 5.74) is 3.04. The molecule has 3 nitrogen and oxygen atoms in total. The molecule has 0 spiro atoms. The average molecular weight is 250 g/mol. The molecular weight excluding hydrogens is 234 g/mol. The third-order valence-corrected chi connectivity index (χ3v) is 3.01. The van der Waals surface area contributed by atoms with Crippen LogP contribution in [0.4, 0.5) is 11.6 Å². The minimum absolute atomic E-state index is 0.716. The van der Waals surface area contributed by atoms with E-state index >= 15 is 0 Å². The van der Waals surface area contributed by atoms with Crippen LogP contribution < -0.4 is 5.32 Å². The quantitative estimate of drug-likeness (QED) is 0.894. The first-order valence-electron chi connectivity index (χ1n) is 5.67. The maximum Gasteiger partial charge on any atom is 0.207 e.